The topological polar surface area (TPSA) is 74.4 Å². The van der Waals surface area contributed by atoms with E-state index < -0.39 is 0 Å². The summed E-state index contributed by atoms with van der Waals surface area (Å²) >= 11 is 0. The second kappa shape index (κ2) is 7.22. The third kappa shape index (κ3) is 3.68. The smallest absolute Gasteiger partial charge is 0.276 e. The zero-order valence-electron chi connectivity index (χ0n) is 12.5. The Hall–Kier alpha value is -1.65. The summed E-state index contributed by atoms with van der Waals surface area (Å²) in [5.74, 6) is 1.62. The van der Waals surface area contributed by atoms with Gasteiger partial charge in [0.15, 0.2) is 11.2 Å². The average Bonchev–Trinajstić information content (AvgIpc) is 2.83. The molecule has 2 rings (SSSR count). The van der Waals surface area contributed by atoms with Gasteiger partial charge in [0.2, 0.25) is 0 Å². The largest absolute Gasteiger partial charge is 0.336 e. The molecule has 0 aliphatic rings. The van der Waals surface area contributed by atoms with E-state index in [4.69, 9.17) is 0 Å². The Morgan fingerprint density at radius 3 is 1.95 bits per heavy atom. The van der Waals surface area contributed by atoms with Crippen molar-refractivity contribution in [3.05, 3.63) is 22.0 Å². The summed E-state index contributed by atoms with van der Waals surface area (Å²) < 4.78 is 0. The van der Waals surface area contributed by atoms with Crippen LogP contribution in [0.4, 0.5) is 0 Å². The molecule has 0 atom stereocenters. The Kier molecular flexibility index (Phi) is 5.32. The number of nitrogens with zero attached hydrogens (tertiary/aromatic N) is 2. The van der Waals surface area contributed by atoms with Crippen LogP contribution in [0.5, 0.6) is 0 Å². The van der Waals surface area contributed by atoms with Crippen molar-refractivity contribution in [2.45, 2.75) is 65.2 Å². The van der Waals surface area contributed by atoms with E-state index in [1.807, 2.05) is 0 Å². The fraction of sp³-hybridized carbons (Fsp3) is 0.667. The predicted octanol–water partition coefficient (Wildman–Crippen LogP) is 3.11. The standard InChI is InChI=1S/C15H24N4O/c1-3-5-7-9-11-16-13-14(17-11)18-12(19-15(13)20)10-8-6-4-2/h3-10H2,1-2H3,(H2,16,17,18,19,20). The molecule has 0 radical (unpaired) electrons. The molecule has 2 aromatic rings. The first-order valence-electron chi connectivity index (χ1n) is 7.72. The summed E-state index contributed by atoms with van der Waals surface area (Å²) in [6.45, 7) is 4.34. The van der Waals surface area contributed by atoms with Crippen LogP contribution in [0.3, 0.4) is 0 Å². The van der Waals surface area contributed by atoms with Crippen molar-refractivity contribution in [2.75, 3.05) is 0 Å². The minimum Gasteiger partial charge on any atom is -0.336 e. The fourth-order valence-corrected chi connectivity index (χ4v) is 2.32. The minimum atomic E-state index is -0.101. The van der Waals surface area contributed by atoms with Gasteiger partial charge in [-0.15, -0.1) is 0 Å². The van der Waals surface area contributed by atoms with Crippen LogP contribution in [0.2, 0.25) is 0 Å². The highest BCUT2D eigenvalue weighted by molar-refractivity contribution is 5.69. The number of hydrogen-bond acceptors (Lipinski definition) is 3. The number of unbranched alkanes of at least 4 members (excludes halogenated alkanes) is 4. The lowest BCUT2D eigenvalue weighted by molar-refractivity contribution is 0.693. The Labute approximate surface area is 119 Å². The van der Waals surface area contributed by atoms with Crippen LogP contribution in [0.25, 0.3) is 11.2 Å². The number of aromatic nitrogens is 4. The maximum absolute atomic E-state index is 12.0. The summed E-state index contributed by atoms with van der Waals surface area (Å²) in [4.78, 5) is 26.9. The minimum absolute atomic E-state index is 0.101. The maximum atomic E-state index is 12.0. The van der Waals surface area contributed by atoms with Crippen molar-refractivity contribution in [1.29, 1.82) is 0 Å². The van der Waals surface area contributed by atoms with Crippen LogP contribution in [-0.4, -0.2) is 19.9 Å². The fourth-order valence-electron chi connectivity index (χ4n) is 2.32. The molecule has 0 amide bonds. The van der Waals surface area contributed by atoms with Crippen molar-refractivity contribution >= 4 is 11.2 Å². The van der Waals surface area contributed by atoms with Crippen molar-refractivity contribution in [1.82, 2.24) is 19.9 Å². The first-order valence-corrected chi connectivity index (χ1v) is 7.72. The van der Waals surface area contributed by atoms with Gasteiger partial charge in [0.25, 0.3) is 5.56 Å². The highest BCUT2D eigenvalue weighted by atomic mass is 16.1. The van der Waals surface area contributed by atoms with Gasteiger partial charge in [-0.1, -0.05) is 39.5 Å². The van der Waals surface area contributed by atoms with Crippen LogP contribution in [-0.2, 0) is 12.8 Å². The number of nitrogens with one attached hydrogen (secondary N) is 2. The normalized spacial score (nSPS) is 11.3. The summed E-state index contributed by atoms with van der Waals surface area (Å²) in [6.07, 6.45) is 8.53. The molecule has 110 valence electrons. The van der Waals surface area contributed by atoms with Gasteiger partial charge >= 0.3 is 0 Å². The van der Waals surface area contributed by atoms with E-state index in [2.05, 4.69) is 33.8 Å². The molecule has 0 saturated heterocycles. The van der Waals surface area contributed by atoms with Gasteiger partial charge in [-0.05, 0) is 12.8 Å². The van der Waals surface area contributed by atoms with Gasteiger partial charge in [-0.2, -0.15) is 0 Å². The number of imidazole rings is 1. The van der Waals surface area contributed by atoms with Crippen LogP contribution in [0.1, 0.15) is 64.0 Å². The van der Waals surface area contributed by atoms with E-state index in [0.29, 0.717) is 11.2 Å². The van der Waals surface area contributed by atoms with Gasteiger partial charge in [-0.25, -0.2) is 9.97 Å². The number of aryl methyl sites for hydroxylation is 2. The number of fused-ring (bicyclic) bond motifs is 1. The molecule has 0 aliphatic heterocycles. The molecule has 5 nitrogen and oxygen atoms in total. The monoisotopic (exact) mass is 276 g/mol. The molecule has 0 aromatic carbocycles. The molecule has 0 aliphatic carbocycles. The van der Waals surface area contributed by atoms with E-state index in [9.17, 15) is 4.79 Å². The molecule has 0 saturated carbocycles. The summed E-state index contributed by atoms with van der Waals surface area (Å²) in [5, 5.41) is 0. The Morgan fingerprint density at radius 2 is 1.40 bits per heavy atom. The molecule has 2 heterocycles. The zero-order chi connectivity index (χ0) is 14.4. The van der Waals surface area contributed by atoms with Crippen molar-refractivity contribution in [3.63, 3.8) is 0 Å². The molecule has 2 aromatic heterocycles. The molecule has 0 fully saturated rings. The van der Waals surface area contributed by atoms with E-state index in [1.165, 1.54) is 12.8 Å². The van der Waals surface area contributed by atoms with Gasteiger partial charge < -0.3 is 9.97 Å². The van der Waals surface area contributed by atoms with Crippen molar-refractivity contribution in [3.8, 4) is 0 Å². The average molecular weight is 276 g/mol. The molecular weight excluding hydrogens is 252 g/mol. The van der Waals surface area contributed by atoms with Crippen LogP contribution in [0.15, 0.2) is 4.79 Å². The maximum Gasteiger partial charge on any atom is 0.276 e. The number of aromatic amines is 2. The quantitative estimate of drug-likeness (QED) is 0.727. The van der Waals surface area contributed by atoms with E-state index in [-0.39, 0.29) is 5.56 Å². The first-order chi connectivity index (χ1) is 9.74. The van der Waals surface area contributed by atoms with E-state index >= 15 is 0 Å². The van der Waals surface area contributed by atoms with Crippen LogP contribution < -0.4 is 5.56 Å². The molecule has 5 heteroatoms. The lowest BCUT2D eigenvalue weighted by Gasteiger charge is -1.98. The summed E-state index contributed by atoms with van der Waals surface area (Å²) in [5.41, 5.74) is 0.971. The highest BCUT2D eigenvalue weighted by Crippen LogP contribution is 2.09. The third-order valence-corrected chi connectivity index (χ3v) is 3.49. The number of H-pyrrole nitrogens is 2. The number of rotatable bonds is 8. The molecular formula is C15H24N4O. The summed E-state index contributed by atoms with van der Waals surface area (Å²) in [7, 11) is 0. The molecule has 0 unspecified atom stereocenters. The summed E-state index contributed by atoms with van der Waals surface area (Å²) in [6, 6.07) is 0. The Balaban J connectivity index is 2.14. The first kappa shape index (κ1) is 14.8. The van der Waals surface area contributed by atoms with E-state index in [0.717, 1.165) is 50.2 Å². The molecule has 20 heavy (non-hydrogen) atoms. The van der Waals surface area contributed by atoms with Crippen molar-refractivity contribution < 1.29 is 0 Å². The Bertz CT molecular complexity index is 599. The van der Waals surface area contributed by atoms with Crippen molar-refractivity contribution in [2.24, 2.45) is 0 Å². The van der Waals surface area contributed by atoms with Gasteiger partial charge in [-0.3, -0.25) is 4.79 Å². The van der Waals surface area contributed by atoms with E-state index in [1.54, 1.807) is 0 Å². The van der Waals surface area contributed by atoms with Gasteiger partial charge in [0, 0.05) is 12.8 Å². The molecule has 0 spiro atoms. The second-order valence-corrected chi connectivity index (χ2v) is 5.31. The predicted molar refractivity (Wildman–Crippen MR) is 81.0 cm³/mol. The third-order valence-electron chi connectivity index (χ3n) is 3.49. The zero-order valence-corrected chi connectivity index (χ0v) is 12.5. The molecule has 0 bridgehead atoms. The number of hydrogen-bond donors (Lipinski definition) is 2. The van der Waals surface area contributed by atoms with Gasteiger partial charge in [0.1, 0.15) is 11.6 Å². The highest BCUT2D eigenvalue weighted by Gasteiger charge is 2.09. The molecule has 2 N–H and O–H groups in total. The SMILES string of the molecule is CCCCCc1nc2nc(CCCCC)[nH]c2c(=O)[nH]1. The van der Waals surface area contributed by atoms with Crippen LogP contribution in [0, 0.1) is 0 Å². The Morgan fingerprint density at radius 1 is 0.850 bits per heavy atom. The van der Waals surface area contributed by atoms with Crippen LogP contribution >= 0.6 is 0 Å². The van der Waals surface area contributed by atoms with Gasteiger partial charge in [0.05, 0.1) is 0 Å². The second-order valence-electron chi connectivity index (χ2n) is 5.31. The lowest BCUT2D eigenvalue weighted by Crippen LogP contribution is -2.11. The lowest BCUT2D eigenvalue weighted by atomic mass is 10.2.